The highest BCUT2D eigenvalue weighted by atomic mass is 32.1. The van der Waals surface area contributed by atoms with Crippen molar-refractivity contribution in [3.8, 4) is 0 Å². The van der Waals surface area contributed by atoms with E-state index in [9.17, 15) is 0 Å². The first-order chi connectivity index (χ1) is 7.29. The molecule has 82 valence electrons. The monoisotopic (exact) mass is 225 g/mol. The Labute approximate surface area is 92.7 Å². The van der Waals surface area contributed by atoms with Crippen molar-refractivity contribution in [2.75, 3.05) is 13.7 Å². The summed E-state index contributed by atoms with van der Waals surface area (Å²) in [6.07, 6.45) is 5.91. The van der Waals surface area contributed by atoms with Crippen LogP contribution in [0.3, 0.4) is 0 Å². The molecule has 4 nitrogen and oxygen atoms in total. The van der Waals surface area contributed by atoms with Crippen LogP contribution in [0.15, 0.2) is 17.8 Å². The fraction of sp³-hybridized carbons (Fsp3) is 0.500. The van der Waals surface area contributed by atoms with Gasteiger partial charge in [0.15, 0.2) is 4.96 Å². The molecule has 0 aliphatic rings. The molecule has 0 amide bonds. The predicted octanol–water partition coefficient (Wildman–Crippen LogP) is 1.30. The number of thiazole rings is 1. The van der Waals surface area contributed by atoms with E-state index in [0.29, 0.717) is 6.61 Å². The summed E-state index contributed by atoms with van der Waals surface area (Å²) >= 11 is 1.65. The van der Waals surface area contributed by atoms with Gasteiger partial charge in [0.25, 0.3) is 0 Å². The molecule has 5 heteroatoms. The van der Waals surface area contributed by atoms with Gasteiger partial charge in [0, 0.05) is 30.9 Å². The first kappa shape index (κ1) is 10.6. The molecule has 0 saturated heterocycles. The van der Waals surface area contributed by atoms with Gasteiger partial charge in [0.05, 0.1) is 12.3 Å². The predicted molar refractivity (Wildman–Crippen MR) is 61.2 cm³/mol. The van der Waals surface area contributed by atoms with Crippen molar-refractivity contribution in [3.05, 3.63) is 23.5 Å². The molecule has 0 saturated carbocycles. The molecule has 1 atom stereocenters. The lowest BCUT2D eigenvalue weighted by molar-refractivity contribution is 0.177. The van der Waals surface area contributed by atoms with Crippen LogP contribution in [0.4, 0.5) is 0 Å². The molecule has 2 aromatic rings. The Morgan fingerprint density at radius 3 is 3.27 bits per heavy atom. The molecule has 1 unspecified atom stereocenters. The van der Waals surface area contributed by atoms with E-state index in [1.807, 2.05) is 16.0 Å². The molecule has 0 bridgehead atoms. The van der Waals surface area contributed by atoms with Crippen LogP contribution in [-0.2, 0) is 11.2 Å². The summed E-state index contributed by atoms with van der Waals surface area (Å²) < 4.78 is 7.03. The lowest BCUT2D eigenvalue weighted by atomic mass is 10.1. The Morgan fingerprint density at radius 2 is 2.53 bits per heavy atom. The molecule has 0 radical (unpaired) electrons. The smallest absolute Gasteiger partial charge is 0.193 e. The molecular formula is C10H15N3OS. The first-order valence-corrected chi connectivity index (χ1v) is 5.83. The van der Waals surface area contributed by atoms with E-state index in [0.717, 1.165) is 23.5 Å². The van der Waals surface area contributed by atoms with Crippen molar-refractivity contribution in [1.29, 1.82) is 0 Å². The van der Waals surface area contributed by atoms with Crippen molar-refractivity contribution < 1.29 is 4.74 Å². The minimum absolute atomic E-state index is 0.106. The number of imidazole rings is 1. The third-order valence-electron chi connectivity index (χ3n) is 2.30. The molecule has 0 aliphatic heterocycles. The lowest BCUT2D eigenvalue weighted by Crippen LogP contribution is -2.26. The number of aryl methyl sites for hydroxylation is 1. The molecule has 2 N–H and O–H groups in total. The maximum absolute atomic E-state index is 5.84. The highest BCUT2D eigenvalue weighted by molar-refractivity contribution is 7.15. The third-order valence-corrected chi connectivity index (χ3v) is 3.07. The number of methoxy groups -OCH3 is 1. The molecule has 0 aliphatic carbocycles. The average molecular weight is 225 g/mol. The molecule has 0 fully saturated rings. The number of aromatic nitrogens is 2. The highest BCUT2D eigenvalue weighted by Crippen LogP contribution is 2.12. The van der Waals surface area contributed by atoms with Crippen LogP contribution in [0.2, 0.25) is 0 Å². The second-order valence-corrected chi connectivity index (χ2v) is 4.45. The van der Waals surface area contributed by atoms with Gasteiger partial charge < -0.3 is 10.5 Å². The quantitative estimate of drug-likeness (QED) is 0.834. The van der Waals surface area contributed by atoms with Gasteiger partial charge in [-0.1, -0.05) is 0 Å². The molecule has 0 aromatic carbocycles. The van der Waals surface area contributed by atoms with Gasteiger partial charge in [-0.3, -0.25) is 4.40 Å². The van der Waals surface area contributed by atoms with Gasteiger partial charge in [0.1, 0.15) is 0 Å². The molecule has 2 heterocycles. The van der Waals surface area contributed by atoms with Gasteiger partial charge in [-0.25, -0.2) is 4.98 Å². The largest absolute Gasteiger partial charge is 0.383 e. The van der Waals surface area contributed by atoms with Crippen molar-refractivity contribution >= 4 is 16.3 Å². The normalized spacial score (nSPS) is 13.5. The summed E-state index contributed by atoms with van der Waals surface area (Å²) in [5.74, 6) is 0. The van der Waals surface area contributed by atoms with E-state index in [4.69, 9.17) is 10.5 Å². The topological polar surface area (TPSA) is 52.5 Å². The number of ether oxygens (including phenoxy) is 1. The maximum atomic E-state index is 5.84. The van der Waals surface area contributed by atoms with E-state index in [1.165, 1.54) is 0 Å². The standard InChI is InChI=1S/C10H15N3OS/c1-14-7-8(11)2-3-9-6-13-4-5-15-10(13)12-9/h4-6,8H,2-3,7,11H2,1H3. The van der Waals surface area contributed by atoms with Gasteiger partial charge in [-0.05, 0) is 12.8 Å². The highest BCUT2D eigenvalue weighted by Gasteiger charge is 2.06. The van der Waals surface area contributed by atoms with Crippen molar-refractivity contribution in [1.82, 2.24) is 9.38 Å². The second-order valence-electron chi connectivity index (χ2n) is 3.58. The van der Waals surface area contributed by atoms with Gasteiger partial charge >= 0.3 is 0 Å². The van der Waals surface area contributed by atoms with Crippen LogP contribution in [0.25, 0.3) is 4.96 Å². The van der Waals surface area contributed by atoms with Gasteiger partial charge in [-0.2, -0.15) is 0 Å². The number of nitrogens with two attached hydrogens (primary N) is 1. The SMILES string of the molecule is COCC(N)CCc1cn2ccsc2n1. The minimum atomic E-state index is 0.106. The Bertz CT molecular complexity index is 394. The summed E-state index contributed by atoms with van der Waals surface area (Å²) in [4.78, 5) is 5.54. The second kappa shape index (κ2) is 4.74. The van der Waals surface area contributed by atoms with Crippen molar-refractivity contribution in [3.63, 3.8) is 0 Å². The van der Waals surface area contributed by atoms with E-state index < -0.39 is 0 Å². The summed E-state index contributed by atoms with van der Waals surface area (Å²) in [5.41, 5.74) is 6.95. The maximum Gasteiger partial charge on any atom is 0.193 e. The molecule has 15 heavy (non-hydrogen) atoms. The van der Waals surface area contributed by atoms with Crippen LogP contribution in [0.1, 0.15) is 12.1 Å². The molecule has 2 rings (SSSR count). The van der Waals surface area contributed by atoms with E-state index in [2.05, 4.69) is 11.2 Å². The number of hydrogen-bond donors (Lipinski definition) is 1. The number of rotatable bonds is 5. The zero-order valence-corrected chi connectivity index (χ0v) is 9.54. The lowest BCUT2D eigenvalue weighted by Gasteiger charge is -2.08. The van der Waals surface area contributed by atoms with Crippen LogP contribution in [-0.4, -0.2) is 29.1 Å². The molecule has 0 spiro atoms. The van der Waals surface area contributed by atoms with Crippen molar-refractivity contribution in [2.45, 2.75) is 18.9 Å². The Balaban J connectivity index is 1.92. The Morgan fingerprint density at radius 1 is 1.67 bits per heavy atom. The van der Waals surface area contributed by atoms with Crippen LogP contribution in [0, 0.1) is 0 Å². The molecular weight excluding hydrogens is 210 g/mol. The fourth-order valence-corrected chi connectivity index (χ4v) is 2.25. The summed E-state index contributed by atoms with van der Waals surface area (Å²) in [6.45, 7) is 0.613. The number of nitrogens with zero attached hydrogens (tertiary/aromatic N) is 2. The van der Waals surface area contributed by atoms with Crippen molar-refractivity contribution in [2.24, 2.45) is 5.73 Å². The van der Waals surface area contributed by atoms with Gasteiger partial charge in [0.2, 0.25) is 0 Å². The van der Waals surface area contributed by atoms with Crippen LogP contribution < -0.4 is 5.73 Å². The zero-order chi connectivity index (χ0) is 10.7. The number of hydrogen-bond acceptors (Lipinski definition) is 4. The summed E-state index contributed by atoms with van der Waals surface area (Å²) in [6, 6.07) is 0.106. The fourth-order valence-electron chi connectivity index (χ4n) is 1.53. The Kier molecular flexibility index (Phi) is 3.35. The van der Waals surface area contributed by atoms with Crippen LogP contribution >= 0.6 is 11.3 Å². The zero-order valence-electron chi connectivity index (χ0n) is 8.72. The van der Waals surface area contributed by atoms with Gasteiger partial charge in [-0.15, -0.1) is 11.3 Å². The number of fused-ring (bicyclic) bond motifs is 1. The van der Waals surface area contributed by atoms with E-state index in [-0.39, 0.29) is 6.04 Å². The minimum Gasteiger partial charge on any atom is -0.383 e. The Hall–Kier alpha value is -0.910. The average Bonchev–Trinajstić information content (AvgIpc) is 2.74. The summed E-state index contributed by atoms with van der Waals surface area (Å²) in [5, 5.41) is 2.03. The first-order valence-electron chi connectivity index (χ1n) is 4.95. The molecule has 2 aromatic heterocycles. The van der Waals surface area contributed by atoms with E-state index >= 15 is 0 Å². The summed E-state index contributed by atoms with van der Waals surface area (Å²) in [7, 11) is 1.67. The third kappa shape index (κ3) is 2.56. The van der Waals surface area contributed by atoms with Crippen LogP contribution in [0.5, 0.6) is 0 Å². The van der Waals surface area contributed by atoms with E-state index in [1.54, 1.807) is 18.4 Å².